The van der Waals surface area contributed by atoms with Crippen LogP contribution in [0.5, 0.6) is 0 Å². The third-order valence-corrected chi connectivity index (χ3v) is 4.80. The van der Waals surface area contributed by atoms with E-state index in [1.54, 1.807) is 0 Å². The molecule has 3 aliphatic rings. The summed E-state index contributed by atoms with van der Waals surface area (Å²) in [4.78, 5) is 20.9. The molecule has 8 heteroatoms. The maximum Gasteiger partial charge on any atom is 0.433 e. The van der Waals surface area contributed by atoms with Gasteiger partial charge in [-0.15, -0.1) is 0 Å². The van der Waals surface area contributed by atoms with E-state index in [9.17, 15) is 18.0 Å². The molecule has 4 rings (SSSR count). The zero-order valence-electron chi connectivity index (χ0n) is 12.9. The van der Waals surface area contributed by atoms with Crippen LogP contribution in [0.15, 0.2) is 6.07 Å². The number of hydrogen-bond acceptors (Lipinski definition) is 5. The first-order chi connectivity index (χ1) is 10.8. The number of esters is 1. The van der Waals surface area contributed by atoms with Gasteiger partial charge in [-0.1, -0.05) is 0 Å². The highest BCUT2D eigenvalue weighted by Gasteiger charge is 2.48. The number of aryl methyl sites for hydroxylation is 1. The average molecular weight is 329 g/mol. The fourth-order valence-electron chi connectivity index (χ4n) is 3.64. The number of rotatable bonds is 3. The van der Waals surface area contributed by atoms with Crippen molar-refractivity contribution in [3.8, 4) is 0 Å². The Balaban J connectivity index is 1.74. The van der Waals surface area contributed by atoms with Gasteiger partial charge in [-0.05, 0) is 31.1 Å². The van der Waals surface area contributed by atoms with Crippen LogP contribution in [0.25, 0.3) is 0 Å². The number of nitrogens with zero attached hydrogens (tertiary/aromatic N) is 3. The molecule has 5 nitrogen and oxygen atoms in total. The number of carbonyl (C=O) groups is 1. The normalized spacial score (nSPS) is 26.7. The molecule has 2 aliphatic heterocycles. The summed E-state index contributed by atoms with van der Waals surface area (Å²) in [6, 6.07) is 1.01. The standard InChI is InChI=1S/C15H18F3N3O2/c1-8-19-12(15(16,17)18)5-13(20-8)21-6-9-3-10(7-21)11(9)4-14(22)23-2/h5,9-11H,3-4,6-7H2,1-2H3. The van der Waals surface area contributed by atoms with Crippen LogP contribution in [-0.4, -0.2) is 36.1 Å². The number of halogens is 3. The monoisotopic (exact) mass is 329 g/mol. The summed E-state index contributed by atoms with van der Waals surface area (Å²) in [7, 11) is 1.37. The van der Waals surface area contributed by atoms with Gasteiger partial charge >= 0.3 is 12.1 Å². The Bertz CT molecular complexity index is 608. The highest BCUT2D eigenvalue weighted by molar-refractivity contribution is 5.69. The van der Waals surface area contributed by atoms with Crippen molar-refractivity contribution in [2.75, 3.05) is 25.1 Å². The summed E-state index contributed by atoms with van der Waals surface area (Å²) in [5, 5.41) is 0. The van der Waals surface area contributed by atoms with E-state index in [-0.39, 0.29) is 17.7 Å². The van der Waals surface area contributed by atoms with E-state index in [1.165, 1.54) is 14.0 Å². The molecule has 23 heavy (non-hydrogen) atoms. The lowest BCUT2D eigenvalue weighted by atomic mass is 9.60. The van der Waals surface area contributed by atoms with Crippen molar-refractivity contribution in [2.24, 2.45) is 17.8 Å². The minimum absolute atomic E-state index is 0.111. The molecular formula is C15H18F3N3O2. The highest BCUT2D eigenvalue weighted by Crippen LogP contribution is 2.48. The molecule has 1 saturated carbocycles. The molecule has 0 N–H and O–H groups in total. The molecular weight excluding hydrogens is 311 g/mol. The molecule has 2 bridgehead atoms. The topological polar surface area (TPSA) is 55.3 Å². The number of carbonyl (C=O) groups excluding carboxylic acids is 1. The van der Waals surface area contributed by atoms with Crippen LogP contribution in [0.3, 0.4) is 0 Å². The van der Waals surface area contributed by atoms with Crippen molar-refractivity contribution in [3.05, 3.63) is 17.6 Å². The fourth-order valence-corrected chi connectivity index (χ4v) is 3.64. The predicted molar refractivity (Wildman–Crippen MR) is 75.7 cm³/mol. The molecule has 2 saturated heterocycles. The van der Waals surface area contributed by atoms with Gasteiger partial charge in [0.15, 0.2) is 0 Å². The van der Waals surface area contributed by atoms with Crippen molar-refractivity contribution in [2.45, 2.75) is 25.9 Å². The Labute approximate surface area is 131 Å². The van der Waals surface area contributed by atoms with Gasteiger partial charge in [0.1, 0.15) is 17.3 Å². The molecule has 3 fully saturated rings. The summed E-state index contributed by atoms with van der Waals surface area (Å²) in [6.07, 6.45) is -3.08. The van der Waals surface area contributed by atoms with Gasteiger partial charge < -0.3 is 9.64 Å². The Morgan fingerprint density at radius 2 is 2.00 bits per heavy atom. The van der Waals surface area contributed by atoms with Crippen LogP contribution < -0.4 is 4.90 Å². The van der Waals surface area contributed by atoms with E-state index >= 15 is 0 Å². The van der Waals surface area contributed by atoms with Gasteiger partial charge in [-0.3, -0.25) is 4.79 Å². The number of methoxy groups -OCH3 is 1. The molecule has 1 aromatic heterocycles. The van der Waals surface area contributed by atoms with E-state index in [1.807, 2.05) is 4.90 Å². The van der Waals surface area contributed by atoms with Crippen LogP contribution in [-0.2, 0) is 15.7 Å². The molecule has 2 unspecified atom stereocenters. The second-order valence-electron chi connectivity index (χ2n) is 6.26. The minimum atomic E-state index is -4.48. The number of fused-ring (bicyclic) bond motifs is 2. The number of ether oxygens (including phenoxy) is 1. The highest BCUT2D eigenvalue weighted by atomic mass is 19.4. The third kappa shape index (κ3) is 3.11. The van der Waals surface area contributed by atoms with Gasteiger partial charge in [0.05, 0.1) is 7.11 Å². The van der Waals surface area contributed by atoms with Gasteiger partial charge in [-0.25, -0.2) is 9.97 Å². The van der Waals surface area contributed by atoms with Gasteiger partial charge in [-0.2, -0.15) is 13.2 Å². The lowest BCUT2D eigenvalue weighted by Gasteiger charge is -2.53. The molecule has 126 valence electrons. The molecule has 1 aromatic rings. The van der Waals surface area contributed by atoms with Crippen molar-refractivity contribution in [3.63, 3.8) is 0 Å². The summed E-state index contributed by atoms with van der Waals surface area (Å²) < 4.78 is 43.4. The number of hydrogen-bond donors (Lipinski definition) is 0. The Kier molecular flexibility index (Phi) is 3.93. The second kappa shape index (κ2) is 5.65. The second-order valence-corrected chi connectivity index (χ2v) is 6.26. The summed E-state index contributed by atoms with van der Waals surface area (Å²) in [6.45, 7) is 2.70. The van der Waals surface area contributed by atoms with Crippen LogP contribution in [0, 0.1) is 24.7 Å². The molecule has 0 aromatic carbocycles. The molecule has 1 aliphatic carbocycles. The SMILES string of the molecule is COC(=O)CC1C2CC1CN(c1cc(C(F)(F)F)nc(C)n1)C2. The smallest absolute Gasteiger partial charge is 0.433 e. The van der Waals surface area contributed by atoms with E-state index in [0.717, 1.165) is 12.5 Å². The molecule has 0 amide bonds. The van der Waals surface area contributed by atoms with Crippen LogP contribution in [0.4, 0.5) is 19.0 Å². The zero-order chi connectivity index (χ0) is 16.8. The number of piperidine rings is 2. The van der Waals surface area contributed by atoms with Crippen molar-refractivity contribution in [1.29, 1.82) is 0 Å². The van der Waals surface area contributed by atoms with E-state index < -0.39 is 11.9 Å². The average Bonchev–Trinajstić information content (AvgIpc) is 2.50. The molecule has 2 atom stereocenters. The zero-order valence-corrected chi connectivity index (χ0v) is 12.9. The summed E-state index contributed by atoms with van der Waals surface area (Å²) in [5.74, 6) is 1.07. The Hall–Kier alpha value is -1.86. The van der Waals surface area contributed by atoms with Crippen LogP contribution >= 0.6 is 0 Å². The van der Waals surface area contributed by atoms with E-state index in [0.29, 0.717) is 37.2 Å². The van der Waals surface area contributed by atoms with Gasteiger partial charge in [0.2, 0.25) is 0 Å². The maximum absolute atomic E-state index is 12.9. The first kappa shape index (κ1) is 16.0. The van der Waals surface area contributed by atoms with E-state index in [2.05, 4.69) is 9.97 Å². The maximum atomic E-state index is 12.9. The molecule has 0 radical (unpaired) electrons. The predicted octanol–water partition coefficient (Wildman–Crippen LogP) is 2.44. The van der Waals surface area contributed by atoms with Gasteiger partial charge in [0, 0.05) is 25.6 Å². The minimum Gasteiger partial charge on any atom is -0.469 e. The molecule has 0 spiro atoms. The fraction of sp³-hybridized carbons (Fsp3) is 0.667. The summed E-state index contributed by atoms with van der Waals surface area (Å²) in [5.41, 5.74) is -0.912. The first-order valence-corrected chi connectivity index (χ1v) is 7.52. The number of alkyl halides is 3. The van der Waals surface area contributed by atoms with Crippen LogP contribution in [0.1, 0.15) is 24.4 Å². The number of anilines is 1. The van der Waals surface area contributed by atoms with Gasteiger partial charge in [0.25, 0.3) is 0 Å². The van der Waals surface area contributed by atoms with Crippen molar-refractivity contribution < 1.29 is 22.7 Å². The van der Waals surface area contributed by atoms with E-state index in [4.69, 9.17) is 4.74 Å². The quantitative estimate of drug-likeness (QED) is 0.797. The van der Waals surface area contributed by atoms with Crippen molar-refractivity contribution in [1.82, 2.24) is 9.97 Å². The van der Waals surface area contributed by atoms with Crippen molar-refractivity contribution >= 4 is 11.8 Å². The summed E-state index contributed by atoms with van der Waals surface area (Å²) >= 11 is 0. The first-order valence-electron chi connectivity index (χ1n) is 7.52. The molecule has 3 heterocycles. The lowest BCUT2D eigenvalue weighted by Crippen LogP contribution is -2.56. The largest absolute Gasteiger partial charge is 0.469 e. The Morgan fingerprint density at radius 3 is 2.57 bits per heavy atom. The lowest BCUT2D eigenvalue weighted by molar-refractivity contribution is -0.145. The Morgan fingerprint density at radius 1 is 1.35 bits per heavy atom. The third-order valence-electron chi connectivity index (χ3n) is 4.80. The number of aromatic nitrogens is 2. The van der Waals surface area contributed by atoms with Crippen LogP contribution in [0.2, 0.25) is 0 Å².